The second kappa shape index (κ2) is 5.98. The molecular formula is C17H19NO2S. The van der Waals surface area contributed by atoms with Gasteiger partial charge in [0.05, 0.1) is 17.1 Å². The van der Waals surface area contributed by atoms with Gasteiger partial charge in [-0.25, -0.2) is 4.98 Å². The number of carboxylic acid groups (broad SMARTS) is 1. The molecule has 0 atom stereocenters. The SMILES string of the molecule is Cc1nc(Cc2ccc3c(c2)CCCC3)sc1CC(=O)O. The molecule has 0 radical (unpaired) electrons. The molecule has 3 rings (SSSR count). The second-order valence-electron chi connectivity index (χ2n) is 5.67. The van der Waals surface area contributed by atoms with Gasteiger partial charge in [0.25, 0.3) is 0 Å². The largest absolute Gasteiger partial charge is 0.481 e. The monoisotopic (exact) mass is 301 g/mol. The van der Waals surface area contributed by atoms with Crippen LogP contribution < -0.4 is 0 Å². The van der Waals surface area contributed by atoms with Crippen molar-refractivity contribution in [3.63, 3.8) is 0 Å². The van der Waals surface area contributed by atoms with Gasteiger partial charge in [0.1, 0.15) is 0 Å². The highest BCUT2D eigenvalue weighted by molar-refractivity contribution is 7.11. The fraction of sp³-hybridized carbons (Fsp3) is 0.412. The van der Waals surface area contributed by atoms with Gasteiger partial charge in [-0.1, -0.05) is 18.2 Å². The van der Waals surface area contributed by atoms with Crippen molar-refractivity contribution in [2.45, 2.75) is 45.4 Å². The lowest BCUT2D eigenvalue weighted by Crippen LogP contribution is -2.03. The minimum absolute atomic E-state index is 0.0771. The van der Waals surface area contributed by atoms with Crippen LogP contribution in [0.3, 0.4) is 0 Å². The van der Waals surface area contributed by atoms with E-state index in [2.05, 4.69) is 23.2 Å². The summed E-state index contributed by atoms with van der Waals surface area (Å²) in [5, 5.41) is 9.92. The predicted octanol–water partition coefficient (Wildman–Crippen LogP) is 3.55. The molecule has 110 valence electrons. The summed E-state index contributed by atoms with van der Waals surface area (Å²) >= 11 is 1.53. The van der Waals surface area contributed by atoms with Crippen molar-refractivity contribution in [2.75, 3.05) is 0 Å². The Morgan fingerprint density at radius 2 is 2.05 bits per heavy atom. The van der Waals surface area contributed by atoms with E-state index in [1.807, 2.05) is 6.92 Å². The quantitative estimate of drug-likeness (QED) is 0.939. The molecular weight excluding hydrogens is 282 g/mol. The summed E-state index contributed by atoms with van der Waals surface area (Å²) in [5.74, 6) is -0.790. The molecule has 0 fully saturated rings. The van der Waals surface area contributed by atoms with E-state index in [1.165, 1.54) is 53.7 Å². The van der Waals surface area contributed by atoms with Crippen LogP contribution in [0.1, 0.15) is 45.1 Å². The Morgan fingerprint density at radius 1 is 1.29 bits per heavy atom. The maximum absolute atomic E-state index is 10.8. The Labute approximate surface area is 128 Å². The van der Waals surface area contributed by atoms with Gasteiger partial charge in [-0.05, 0) is 49.3 Å². The van der Waals surface area contributed by atoms with Gasteiger partial charge in [0.2, 0.25) is 0 Å². The zero-order valence-corrected chi connectivity index (χ0v) is 13.0. The summed E-state index contributed by atoms with van der Waals surface area (Å²) < 4.78 is 0. The molecule has 0 bridgehead atoms. The number of fused-ring (bicyclic) bond motifs is 1. The first kappa shape index (κ1) is 14.3. The average molecular weight is 301 g/mol. The van der Waals surface area contributed by atoms with Crippen LogP contribution in [0, 0.1) is 6.92 Å². The van der Waals surface area contributed by atoms with E-state index in [0.717, 1.165) is 22.0 Å². The summed E-state index contributed by atoms with van der Waals surface area (Å²) in [6.45, 7) is 1.89. The highest BCUT2D eigenvalue weighted by Crippen LogP contribution is 2.25. The first-order chi connectivity index (χ1) is 10.1. The van der Waals surface area contributed by atoms with E-state index in [9.17, 15) is 4.79 Å². The number of aryl methyl sites for hydroxylation is 3. The zero-order valence-electron chi connectivity index (χ0n) is 12.2. The molecule has 0 saturated carbocycles. The third-order valence-corrected chi connectivity index (χ3v) is 5.17. The first-order valence-corrected chi connectivity index (χ1v) is 8.21. The van der Waals surface area contributed by atoms with E-state index in [-0.39, 0.29) is 6.42 Å². The van der Waals surface area contributed by atoms with Crippen LogP contribution >= 0.6 is 11.3 Å². The van der Waals surface area contributed by atoms with Gasteiger partial charge in [-0.15, -0.1) is 11.3 Å². The zero-order chi connectivity index (χ0) is 14.8. The third kappa shape index (κ3) is 3.32. The van der Waals surface area contributed by atoms with Gasteiger partial charge < -0.3 is 5.11 Å². The Balaban J connectivity index is 1.78. The second-order valence-corrected chi connectivity index (χ2v) is 6.84. The smallest absolute Gasteiger partial charge is 0.308 e. The molecule has 0 amide bonds. The van der Waals surface area contributed by atoms with Crippen LogP contribution in [0.25, 0.3) is 0 Å². The van der Waals surface area contributed by atoms with Crippen molar-refractivity contribution < 1.29 is 9.90 Å². The number of aliphatic carboxylic acids is 1. The van der Waals surface area contributed by atoms with Gasteiger partial charge in [-0.3, -0.25) is 4.79 Å². The van der Waals surface area contributed by atoms with Crippen LogP contribution in [0.5, 0.6) is 0 Å². The van der Waals surface area contributed by atoms with E-state index in [1.54, 1.807) is 0 Å². The molecule has 1 aliphatic carbocycles. The van der Waals surface area contributed by atoms with Crippen molar-refractivity contribution >= 4 is 17.3 Å². The summed E-state index contributed by atoms with van der Waals surface area (Å²) in [7, 11) is 0. The fourth-order valence-electron chi connectivity index (χ4n) is 2.94. The highest BCUT2D eigenvalue weighted by Gasteiger charge is 2.13. The number of hydrogen-bond donors (Lipinski definition) is 1. The maximum atomic E-state index is 10.8. The van der Waals surface area contributed by atoms with Crippen molar-refractivity contribution in [1.82, 2.24) is 4.98 Å². The van der Waals surface area contributed by atoms with E-state index < -0.39 is 5.97 Å². The third-order valence-electron chi connectivity index (χ3n) is 4.02. The Kier molecular flexibility index (Phi) is 4.06. The molecule has 0 aliphatic heterocycles. The maximum Gasteiger partial charge on any atom is 0.308 e. The number of hydrogen-bond acceptors (Lipinski definition) is 3. The van der Waals surface area contributed by atoms with Crippen molar-refractivity contribution in [2.24, 2.45) is 0 Å². The van der Waals surface area contributed by atoms with Crippen LogP contribution in [-0.2, 0) is 30.5 Å². The molecule has 4 heteroatoms. The minimum atomic E-state index is -0.790. The number of rotatable bonds is 4. The van der Waals surface area contributed by atoms with Gasteiger partial charge in [0, 0.05) is 11.3 Å². The van der Waals surface area contributed by atoms with Gasteiger partial charge in [-0.2, -0.15) is 0 Å². The fourth-order valence-corrected chi connectivity index (χ4v) is 4.03. The summed E-state index contributed by atoms with van der Waals surface area (Å²) in [6.07, 6.45) is 5.86. The number of carbonyl (C=O) groups is 1. The first-order valence-electron chi connectivity index (χ1n) is 7.39. The van der Waals surface area contributed by atoms with E-state index in [0.29, 0.717) is 0 Å². The lowest BCUT2D eigenvalue weighted by molar-refractivity contribution is -0.136. The standard InChI is InChI=1S/C17H19NO2S/c1-11-15(10-17(19)20)21-16(18-11)9-12-6-7-13-4-2-3-5-14(13)8-12/h6-8H,2-5,9-10H2,1H3,(H,19,20). The molecule has 1 N–H and O–H groups in total. The number of carboxylic acids is 1. The Morgan fingerprint density at radius 3 is 2.81 bits per heavy atom. The van der Waals surface area contributed by atoms with E-state index >= 15 is 0 Å². The van der Waals surface area contributed by atoms with Crippen molar-refractivity contribution in [1.29, 1.82) is 0 Å². The molecule has 21 heavy (non-hydrogen) atoms. The van der Waals surface area contributed by atoms with Crippen LogP contribution in [0.2, 0.25) is 0 Å². The average Bonchev–Trinajstić information content (AvgIpc) is 2.78. The highest BCUT2D eigenvalue weighted by atomic mass is 32.1. The lowest BCUT2D eigenvalue weighted by atomic mass is 9.90. The van der Waals surface area contributed by atoms with Crippen molar-refractivity contribution in [3.8, 4) is 0 Å². The summed E-state index contributed by atoms with van der Waals surface area (Å²) in [5.41, 5.74) is 5.12. The van der Waals surface area contributed by atoms with Crippen LogP contribution in [0.4, 0.5) is 0 Å². The number of thiazole rings is 1. The minimum Gasteiger partial charge on any atom is -0.481 e. The molecule has 0 saturated heterocycles. The number of benzene rings is 1. The molecule has 1 aromatic carbocycles. The summed E-state index contributed by atoms with van der Waals surface area (Å²) in [6, 6.07) is 6.75. The molecule has 1 heterocycles. The van der Waals surface area contributed by atoms with Gasteiger partial charge in [0.15, 0.2) is 0 Å². The lowest BCUT2D eigenvalue weighted by Gasteiger charge is -2.16. The van der Waals surface area contributed by atoms with Crippen molar-refractivity contribution in [3.05, 3.63) is 50.5 Å². The van der Waals surface area contributed by atoms with Crippen LogP contribution in [-0.4, -0.2) is 16.1 Å². The molecule has 1 aliphatic rings. The Hall–Kier alpha value is -1.68. The number of nitrogens with zero attached hydrogens (tertiary/aromatic N) is 1. The molecule has 3 nitrogen and oxygen atoms in total. The molecule has 0 spiro atoms. The topological polar surface area (TPSA) is 50.2 Å². The molecule has 2 aromatic rings. The number of aromatic nitrogens is 1. The molecule has 1 aromatic heterocycles. The van der Waals surface area contributed by atoms with E-state index in [4.69, 9.17) is 5.11 Å². The van der Waals surface area contributed by atoms with Crippen LogP contribution in [0.15, 0.2) is 18.2 Å². The van der Waals surface area contributed by atoms with Gasteiger partial charge >= 0.3 is 5.97 Å². The predicted molar refractivity (Wildman–Crippen MR) is 84.1 cm³/mol. The molecule has 0 unspecified atom stereocenters. The Bertz CT molecular complexity index is 675. The normalized spacial score (nSPS) is 14.0. The summed E-state index contributed by atoms with van der Waals surface area (Å²) in [4.78, 5) is 16.2.